The second-order valence-electron chi connectivity index (χ2n) is 6.79. The molecule has 1 fully saturated rings. The highest BCUT2D eigenvalue weighted by Crippen LogP contribution is 2.17. The number of carbonyl (C=O) groups excluding carboxylic acids is 2. The van der Waals surface area contributed by atoms with Gasteiger partial charge in [0.2, 0.25) is 5.91 Å². The van der Waals surface area contributed by atoms with Crippen LogP contribution < -0.4 is 5.32 Å². The van der Waals surface area contributed by atoms with E-state index in [0.29, 0.717) is 32.4 Å². The van der Waals surface area contributed by atoms with Crippen molar-refractivity contribution >= 4 is 17.7 Å². The Kier molecular flexibility index (Phi) is 7.00. The topological polar surface area (TPSA) is 86.7 Å². The number of nitrogens with zero attached hydrogens (tertiary/aromatic N) is 1. The lowest BCUT2D eigenvalue weighted by Gasteiger charge is -2.36. The van der Waals surface area contributed by atoms with Crippen LogP contribution in [0.1, 0.15) is 47.0 Å². The Labute approximate surface area is 132 Å². The molecule has 0 radical (unpaired) electrons. The summed E-state index contributed by atoms with van der Waals surface area (Å²) in [4.78, 5) is 37.2. The smallest absolute Gasteiger partial charge is 0.326 e. The van der Waals surface area contributed by atoms with Gasteiger partial charge in [0.15, 0.2) is 0 Å². The van der Waals surface area contributed by atoms with E-state index in [9.17, 15) is 19.5 Å². The number of nitrogens with one attached hydrogen (secondary N) is 1. The van der Waals surface area contributed by atoms with Gasteiger partial charge in [-0.1, -0.05) is 27.7 Å². The van der Waals surface area contributed by atoms with Crippen LogP contribution in [0.25, 0.3) is 0 Å². The molecule has 126 valence electrons. The van der Waals surface area contributed by atoms with Crippen molar-refractivity contribution in [3.63, 3.8) is 0 Å². The maximum absolute atomic E-state index is 12.6. The standard InChI is InChI=1S/C16H28N2O4/c1-10(2)9-13(16(21)22)17-15(20)14(11(3)4)18-7-5-12(19)6-8-18/h10-11,13-14H,5-9H2,1-4H3,(H,17,20)(H,21,22). The number of ketones is 1. The number of hydrogen-bond donors (Lipinski definition) is 2. The average molecular weight is 312 g/mol. The third kappa shape index (κ3) is 5.40. The van der Waals surface area contributed by atoms with Gasteiger partial charge in [0.25, 0.3) is 0 Å². The van der Waals surface area contributed by atoms with E-state index in [1.807, 2.05) is 32.6 Å². The zero-order chi connectivity index (χ0) is 16.9. The number of carboxylic acids is 1. The van der Waals surface area contributed by atoms with Crippen molar-refractivity contribution in [2.24, 2.45) is 11.8 Å². The first-order valence-electron chi connectivity index (χ1n) is 8.01. The monoisotopic (exact) mass is 312 g/mol. The highest BCUT2D eigenvalue weighted by molar-refractivity contribution is 5.87. The van der Waals surface area contributed by atoms with Gasteiger partial charge < -0.3 is 10.4 Å². The van der Waals surface area contributed by atoms with E-state index in [2.05, 4.69) is 5.32 Å². The van der Waals surface area contributed by atoms with Gasteiger partial charge in [-0.2, -0.15) is 0 Å². The molecule has 1 saturated heterocycles. The quantitative estimate of drug-likeness (QED) is 0.740. The van der Waals surface area contributed by atoms with Crippen LogP contribution in [0, 0.1) is 11.8 Å². The molecule has 1 aliphatic heterocycles. The Hall–Kier alpha value is -1.43. The van der Waals surface area contributed by atoms with Crippen LogP contribution in [-0.4, -0.2) is 52.8 Å². The van der Waals surface area contributed by atoms with Gasteiger partial charge in [0.05, 0.1) is 6.04 Å². The minimum Gasteiger partial charge on any atom is -0.480 e. The lowest BCUT2D eigenvalue weighted by molar-refractivity contribution is -0.143. The Morgan fingerprint density at radius 3 is 2.14 bits per heavy atom. The molecule has 2 N–H and O–H groups in total. The molecule has 0 saturated carbocycles. The van der Waals surface area contributed by atoms with Gasteiger partial charge in [0.1, 0.15) is 11.8 Å². The van der Waals surface area contributed by atoms with Crippen molar-refractivity contribution in [1.29, 1.82) is 0 Å². The predicted molar refractivity (Wildman–Crippen MR) is 83.5 cm³/mol. The van der Waals surface area contributed by atoms with Gasteiger partial charge in [-0.3, -0.25) is 14.5 Å². The fraction of sp³-hybridized carbons (Fsp3) is 0.812. The molecule has 1 aliphatic rings. The number of carbonyl (C=O) groups is 3. The highest BCUT2D eigenvalue weighted by atomic mass is 16.4. The zero-order valence-corrected chi connectivity index (χ0v) is 14.0. The van der Waals surface area contributed by atoms with Crippen molar-refractivity contribution in [2.45, 2.75) is 59.0 Å². The van der Waals surface area contributed by atoms with Gasteiger partial charge in [-0.05, 0) is 18.3 Å². The second-order valence-corrected chi connectivity index (χ2v) is 6.79. The Morgan fingerprint density at radius 2 is 1.73 bits per heavy atom. The van der Waals surface area contributed by atoms with E-state index in [1.165, 1.54) is 0 Å². The summed E-state index contributed by atoms with van der Waals surface area (Å²) in [7, 11) is 0. The molecular weight excluding hydrogens is 284 g/mol. The lowest BCUT2D eigenvalue weighted by Crippen LogP contribution is -2.55. The summed E-state index contributed by atoms with van der Waals surface area (Å²) in [6.45, 7) is 8.88. The third-order valence-corrected chi connectivity index (χ3v) is 3.97. The summed E-state index contributed by atoms with van der Waals surface area (Å²) in [5.41, 5.74) is 0. The highest BCUT2D eigenvalue weighted by Gasteiger charge is 2.33. The molecule has 6 nitrogen and oxygen atoms in total. The van der Waals surface area contributed by atoms with E-state index < -0.39 is 12.0 Å². The molecule has 2 atom stereocenters. The van der Waals surface area contributed by atoms with E-state index >= 15 is 0 Å². The molecule has 6 heteroatoms. The number of carboxylic acid groups (broad SMARTS) is 1. The molecule has 1 amide bonds. The van der Waals surface area contributed by atoms with Gasteiger partial charge in [-0.15, -0.1) is 0 Å². The molecule has 0 bridgehead atoms. The number of amides is 1. The van der Waals surface area contributed by atoms with Crippen LogP contribution in [0.15, 0.2) is 0 Å². The number of Topliss-reactive ketones (excluding diaryl/α,β-unsaturated/α-hetero) is 1. The van der Waals surface area contributed by atoms with Crippen molar-refractivity contribution in [2.75, 3.05) is 13.1 Å². The maximum atomic E-state index is 12.6. The summed E-state index contributed by atoms with van der Waals surface area (Å²) in [6, 6.07) is -1.25. The second kappa shape index (κ2) is 8.27. The first kappa shape index (κ1) is 18.6. The summed E-state index contributed by atoms with van der Waals surface area (Å²) in [6.07, 6.45) is 1.33. The summed E-state index contributed by atoms with van der Waals surface area (Å²) < 4.78 is 0. The lowest BCUT2D eigenvalue weighted by atomic mass is 9.97. The molecule has 0 spiro atoms. The molecule has 0 aromatic rings. The molecule has 0 aromatic heterocycles. The number of hydrogen-bond acceptors (Lipinski definition) is 4. The van der Waals surface area contributed by atoms with Crippen LogP contribution >= 0.6 is 0 Å². The Morgan fingerprint density at radius 1 is 1.18 bits per heavy atom. The Balaban J connectivity index is 2.75. The van der Waals surface area contributed by atoms with E-state index in [-0.39, 0.29) is 29.6 Å². The minimum atomic E-state index is -1.00. The molecule has 0 aromatic carbocycles. The predicted octanol–water partition coefficient (Wildman–Crippen LogP) is 1.29. The largest absolute Gasteiger partial charge is 0.480 e. The van der Waals surface area contributed by atoms with Crippen LogP contribution in [0.5, 0.6) is 0 Å². The van der Waals surface area contributed by atoms with Crippen LogP contribution in [-0.2, 0) is 14.4 Å². The normalized spacial score (nSPS) is 19.3. The molecule has 0 aliphatic carbocycles. The van der Waals surface area contributed by atoms with E-state index in [4.69, 9.17) is 0 Å². The molecule has 22 heavy (non-hydrogen) atoms. The van der Waals surface area contributed by atoms with Crippen molar-refractivity contribution in [3.05, 3.63) is 0 Å². The average Bonchev–Trinajstić information content (AvgIpc) is 2.39. The summed E-state index contributed by atoms with van der Waals surface area (Å²) >= 11 is 0. The SMILES string of the molecule is CC(C)CC(NC(=O)C(C(C)C)N1CCC(=O)CC1)C(=O)O. The maximum Gasteiger partial charge on any atom is 0.326 e. The van der Waals surface area contributed by atoms with Crippen LogP contribution in [0.4, 0.5) is 0 Å². The van der Waals surface area contributed by atoms with Gasteiger partial charge in [0, 0.05) is 25.9 Å². The van der Waals surface area contributed by atoms with Crippen LogP contribution in [0.2, 0.25) is 0 Å². The van der Waals surface area contributed by atoms with Crippen molar-refractivity contribution in [1.82, 2.24) is 10.2 Å². The molecular formula is C16H28N2O4. The fourth-order valence-corrected chi connectivity index (χ4v) is 2.89. The van der Waals surface area contributed by atoms with Crippen LogP contribution in [0.3, 0.4) is 0 Å². The number of rotatable bonds is 7. The number of likely N-dealkylation sites (tertiary alicyclic amines) is 1. The van der Waals surface area contributed by atoms with Gasteiger partial charge >= 0.3 is 5.97 Å². The zero-order valence-electron chi connectivity index (χ0n) is 14.0. The van der Waals surface area contributed by atoms with Crippen molar-refractivity contribution in [3.8, 4) is 0 Å². The third-order valence-electron chi connectivity index (χ3n) is 3.97. The first-order chi connectivity index (χ1) is 10.2. The van der Waals surface area contributed by atoms with E-state index in [0.717, 1.165) is 0 Å². The first-order valence-corrected chi connectivity index (χ1v) is 8.01. The molecule has 2 unspecified atom stereocenters. The van der Waals surface area contributed by atoms with Gasteiger partial charge in [-0.25, -0.2) is 4.79 Å². The van der Waals surface area contributed by atoms with Crippen molar-refractivity contribution < 1.29 is 19.5 Å². The molecule has 1 heterocycles. The summed E-state index contributed by atoms with van der Waals surface area (Å²) in [5, 5.41) is 11.9. The fourth-order valence-electron chi connectivity index (χ4n) is 2.89. The summed E-state index contributed by atoms with van der Waals surface area (Å²) in [5.74, 6) is -0.786. The number of aliphatic carboxylic acids is 1. The number of piperidine rings is 1. The minimum absolute atomic E-state index is 0.0571. The molecule has 1 rings (SSSR count). The Bertz CT molecular complexity index is 410. The van der Waals surface area contributed by atoms with E-state index in [1.54, 1.807) is 0 Å².